The summed E-state index contributed by atoms with van der Waals surface area (Å²) in [5, 5.41) is 7.27. The number of rotatable bonds is 4. The maximum absolute atomic E-state index is 12.3. The predicted octanol–water partition coefficient (Wildman–Crippen LogP) is 0.166. The number of ether oxygens (including phenoxy) is 1. The number of aromatic amines is 1. The second-order valence-corrected chi connectivity index (χ2v) is 5.65. The normalized spacial score (nSPS) is 16.9. The Hall–Kier alpha value is -2.48. The van der Waals surface area contributed by atoms with E-state index < -0.39 is 0 Å². The van der Waals surface area contributed by atoms with Crippen LogP contribution in [0.25, 0.3) is 0 Å². The number of aryl methyl sites for hydroxylation is 2. The summed E-state index contributed by atoms with van der Waals surface area (Å²) in [7, 11) is 1.60. The van der Waals surface area contributed by atoms with Gasteiger partial charge in [-0.3, -0.25) is 9.59 Å². The highest BCUT2D eigenvalue weighted by molar-refractivity contribution is 5.94. The molecule has 1 unspecified atom stereocenters. The second kappa shape index (κ2) is 6.33. The number of nitrogens with one attached hydrogen (secondary N) is 2. The summed E-state index contributed by atoms with van der Waals surface area (Å²) in [6.45, 7) is 2.59. The molecule has 0 saturated carbocycles. The number of amides is 1. The number of methoxy groups -OCH3 is 1. The standard InChI is InChI=1S/C15H19N5O3/c1-9-5-16-6-11(14(9)21)15(22)17-10-3-4-13-18-12(8-23-2)19-20(13)7-10/h5-6,10H,3-4,7-8H2,1-2H3,(H,16,21)(H,17,22). The zero-order chi connectivity index (χ0) is 16.4. The minimum atomic E-state index is -0.361. The predicted molar refractivity (Wildman–Crippen MR) is 82.1 cm³/mol. The molecule has 0 aliphatic carbocycles. The van der Waals surface area contributed by atoms with Crippen molar-refractivity contribution in [1.29, 1.82) is 0 Å². The number of carbonyl (C=O) groups is 1. The number of nitrogens with zero attached hydrogens (tertiary/aromatic N) is 3. The molecule has 0 spiro atoms. The minimum Gasteiger partial charge on any atom is -0.377 e. The molecule has 1 atom stereocenters. The number of hydrogen-bond donors (Lipinski definition) is 2. The number of fused-ring (bicyclic) bond motifs is 1. The quantitative estimate of drug-likeness (QED) is 0.837. The highest BCUT2D eigenvalue weighted by Gasteiger charge is 2.24. The lowest BCUT2D eigenvalue weighted by molar-refractivity contribution is 0.0924. The first-order chi connectivity index (χ1) is 11.1. The van der Waals surface area contributed by atoms with Gasteiger partial charge in [0.05, 0.1) is 6.54 Å². The van der Waals surface area contributed by atoms with Gasteiger partial charge in [-0.1, -0.05) is 0 Å². The van der Waals surface area contributed by atoms with Crippen molar-refractivity contribution >= 4 is 5.91 Å². The molecule has 8 heteroatoms. The summed E-state index contributed by atoms with van der Waals surface area (Å²) in [5.74, 6) is 1.18. The highest BCUT2D eigenvalue weighted by Crippen LogP contribution is 2.13. The van der Waals surface area contributed by atoms with Crippen molar-refractivity contribution in [3.63, 3.8) is 0 Å². The summed E-state index contributed by atoms with van der Waals surface area (Å²) in [6.07, 6.45) is 4.51. The van der Waals surface area contributed by atoms with Crippen molar-refractivity contribution in [3.8, 4) is 0 Å². The van der Waals surface area contributed by atoms with Crippen LogP contribution in [0, 0.1) is 6.92 Å². The molecular formula is C15H19N5O3. The molecule has 0 radical (unpaired) electrons. The van der Waals surface area contributed by atoms with E-state index in [0.717, 1.165) is 18.7 Å². The lowest BCUT2D eigenvalue weighted by Crippen LogP contribution is -2.42. The molecule has 122 valence electrons. The molecular weight excluding hydrogens is 298 g/mol. The average molecular weight is 317 g/mol. The van der Waals surface area contributed by atoms with E-state index in [1.165, 1.54) is 6.20 Å². The molecule has 2 aromatic heterocycles. The monoisotopic (exact) mass is 317 g/mol. The van der Waals surface area contributed by atoms with E-state index in [-0.39, 0.29) is 22.9 Å². The Morgan fingerprint density at radius 3 is 3.13 bits per heavy atom. The van der Waals surface area contributed by atoms with Crippen LogP contribution < -0.4 is 10.7 Å². The van der Waals surface area contributed by atoms with Crippen molar-refractivity contribution in [2.24, 2.45) is 0 Å². The fraction of sp³-hybridized carbons (Fsp3) is 0.467. The Kier molecular flexibility index (Phi) is 4.24. The number of carbonyl (C=O) groups excluding carboxylic acids is 1. The molecule has 23 heavy (non-hydrogen) atoms. The Morgan fingerprint density at radius 1 is 1.52 bits per heavy atom. The van der Waals surface area contributed by atoms with Crippen LogP contribution in [0.4, 0.5) is 0 Å². The van der Waals surface area contributed by atoms with Crippen LogP contribution in [0.3, 0.4) is 0 Å². The molecule has 0 bridgehead atoms. The SMILES string of the molecule is COCc1nc2n(n1)CC(NC(=O)c1c[nH]cc(C)c1=O)CC2. The van der Waals surface area contributed by atoms with Crippen molar-refractivity contribution in [2.75, 3.05) is 7.11 Å². The summed E-state index contributed by atoms with van der Waals surface area (Å²) < 4.78 is 6.83. The van der Waals surface area contributed by atoms with Gasteiger partial charge in [-0.2, -0.15) is 5.10 Å². The van der Waals surface area contributed by atoms with Crippen molar-refractivity contribution in [3.05, 3.63) is 45.4 Å². The topological polar surface area (TPSA) is 102 Å². The van der Waals surface area contributed by atoms with Crippen LogP contribution in [-0.2, 0) is 24.3 Å². The minimum absolute atomic E-state index is 0.0768. The lowest BCUT2D eigenvalue weighted by Gasteiger charge is -2.23. The van der Waals surface area contributed by atoms with Crippen LogP contribution in [-0.4, -0.2) is 38.8 Å². The van der Waals surface area contributed by atoms with Crippen LogP contribution in [0.15, 0.2) is 17.2 Å². The first-order valence-electron chi connectivity index (χ1n) is 7.48. The van der Waals surface area contributed by atoms with E-state index in [4.69, 9.17) is 4.74 Å². The molecule has 2 aromatic rings. The van der Waals surface area contributed by atoms with E-state index >= 15 is 0 Å². The van der Waals surface area contributed by atoms with Gasteiger partial charge in [0.1, 0.15) is 18.0 Å². The number of H-pyrrole nitrogens is 1. The first-order valence-corrected chi connectivity index (χ1v) is 7.48. The maximum atomic E-state index is 12.3. The van der Waals surface area contributed by atoms with Gasteiger partial charge < -0.3 is 15.0 Å². The van der Waals surface area contributed by atoms with E-state index in [1.807, 2.05) is 0 Å². The van der Waals surface area contributed by atoms with Gasteiger partial charge >= 0.3 is 0 Å². The maximum Gasteiger partial charge on any atom is 0.257 e. The van der Waals surface area contributed by atoms with Gasteiger partial charge in [0.2, 0.25) is 0 Å². The average Bonchev–Trinajstić information content (AvgIpc) is 2.92. The van der Waals surface area contributed by atoms with Crippen LogP contribution >= 0.6 is 0 Å². The van der Waals surface area contributed by atoms with E-state index in [2.05, 4.69) is 20.4 Å². The zero-order valence-corrected chi connectivity index (χ0v) is 13.1. The Bertz CT molecular complexity index is 780. The fourth-order valence-electron chi connectivity index (χ4n) is 2.69. The summed E-state index contributed by atoms with van der Waals surface area (Å²) in [4.78, 5) is 31.5. The zero-order valence-electron chi connectivity index (χ0n) is 13.1. The molecule has 0 fully saturated rings. The smallest absolute Gasteiger partial charge is 0.257 e. The van der Waals surface area contributed by atoms with E-state index in [1.54, 1.807) is 24.9 Å². The molecule has 3 heterocycles. The van der Waals surface area contributed by atoms with E-state index in [0.29, 0.717) is 24.5 Å². The third kappa shape index (κ3) is 3.16. The first kappa shape index (κ1) is 15.4. The molecule has 1 amide bonds. The van der Waals surface area contributed by atoms with Crippen LogP contribution in [0.2, 0.25) is 0 Å². The molecule has 0 saturated heterocycles. The van der Waals surface area contributed by atoms with Crippen molar-refractivity contribution < 1.29 is 9.53 Å². The van der Waals surface area contributed by atoms with Gasteiger partial charge in [-0.25, -0.2) is 9.67 Å². The summed E-state index contributed by atoms with van der Waals surface area (Å²) in [6, 6.07) is -0.0768. The Balaban J connectivity index is 1.70. The molecule has 8 nitrogen and oxygen atoms in total. The fourth-order valence-corrected chi connectivity index (χ4v) is 2.69. The van der Waals surface area contributed by atoms with Crippen LogP contribution in [0.5, 0.6) is 0 Å². The van der Waals surface area contributed by atoms with Crippen LogP contribution in [0.1, 0.15) is 34.0 Å². The molecule has 1 aliphatic rings. The molecule has 1 aliphatic heterocycles. The van der Waals surface area contributed by atoms with Gasteiger partial charge in [-0.15, -0.1) is 0 Å². The number of pyridine rings is 1. The summed E-state index contributed by atoms with van der Waals surface area (Å²) >= 11 is 0. The molecule has 2 N–H and O–H groups in total. The molecule has 3 rings (SSSR count). The highest BCUT2D eigenvalue weighted by atomic mass is 16.5. The van der Waals surface area contributed by atoms with Gasteiger partial charge in [-0.05, 0) is 13.3 Å². The van der Waals surface area contributed by atoms with E-state index in [9.17, 15) is 9.59 Å². The second-order valence-electron chi connectivity index (χ2n) is 5.65. The van der Waals surface area contributed by atoms with Crippen molar-refractivity contribution in [1.82, 2.24) is 25.1 Å². The van der Waals surface area contributed by atoms with Gasteiger partial charge in [0, 0.05) is 37.5 Å². The molecule has 0 aromatic carbocycles. The third-order valence-electron chi connectivity index (χ3n) is 3.89. The lowest BCUT2D eigenvalue weighted by atomic mass is 10.1. The largest absolute Gasteiger partial charge is 0.377 e. The third-order valence-corrected chi connectivity index (χ3v) is 3.89. The van der Waals surface area contributed by atoms with Gasteiger partial charge in [0.15, 0.2) is 11.3 Å². The summed E-state index contributed by atoms with van der Waals surface area (Å²) in [5.41, 5.74) is 0.402. The Labute approximate surface area is 132 Å². The number of aromatic nitrogens is 4. The van der Waals surface area contributed by atoms with Crippen molar-refractivity contribution in [2.45, 2.75) is 39.0 Å². The Morgan fingerprint density at radius 2 is 2.35 bits per heavy atom. The number of hydrogen-bond acceptors (Lipinski definition) is 5. The van der Waals surface area contributed by atoms with Gasteiger partial charge in [0.25, 0.3) is 5.91 Å².